The van der Waals surface area contributed by atoms with Gasteiger partial charge in [0.15, 0.2) is 0 Å². The normalized spacial score (nSPS) is 11.1. The molecular formula is C12H17N3O2S. The minimum atomic E-state index is -3.42. The van der Waals surface area contributed by atoms with Crippen molar-refractivity contribution >= 4 is 10.0 Å². The van der Waals surface area contributed by atoms with Crippen molar-refractivity contribution in [3.8, 4) is 6.07 Å². The average molecular weight is 267 g/mol. The zero-order valence-corrected chi connectivity index (χ0v) is 11.1. The first-order valence-corrected chi connectivity index (χ1v) is 7.18. The number of hydrogen-bond acceptors (Lipinski definition) is 4. The van der Waals surface area contributed by atoms with Gasteiger partial charge >= 0.3 is 0 Å². The first-order chi connectivity index (χ1) is 8.56. The maximum atomic E-state index is 11.8. The standard InChI is InChI=1S/C12H17N3O2S/c1-11-3-5-12(6-4-11)18(16,17)15-10-9-14-8-2-7-13/h3-6,14-15H,2,8-10H2,1H3. The van der Waals surface area contributed by atoms with Gasteiger partial charge in [-0.1, -0.05) is 17.7 Å². The topological polar surface area (TPSA) is 82.0 Å². The van der Waals surface area contributed by atoms with Crippen LogP contribution in [0.2, 0.25) is 0 Å². The third kappa shape index (κ3) is 4.84. The number of nitrogens with one attached hydrogen (secondary N) is 2. The summed E-state index contributed by atoms with van der Waals surface area (Å²) in [5.41, 5.74) is 1.02. The van der Waals surface area contributed by atoms with Gasteiger partial charge in [0.25, 0.3) is 0 Å². The van der Waals surface area contributed by atoms with Crippen LogP contribution in [0, 0.1) is 18.3 Å². The molecule has 0 amide bonds. The lowest BCUT2D eigenvalue weighted by Crippen LogP contribution is -2.32. The fourth-order valence-electron chi connectivity index (χ4n) is 1.34. The first-order valence-electron chi connectivity index (χ1n) is 5.70. The van der Waals surface area contributed by atoms with Gasteiger partial charge in [-0.3, -0.25) is 0 Å². The highest BCUT2D eigenvalue weighted by atomic mass is 32.2. The van der Waals surface area contributed by atoms with Crippen LogP contribution in [0.4, 0.5) is 0 Å². The fraction of sp³-hybridized carbons (Fsp3) is 0.417. The van der Waals surface area contributed by atoms with Crippen LogP contribution in [0.25, 0.3) is 0 Å². The molecule has 1 aromatic carbocycles. The molecule has 0 aliphatic heterocycles. The van der Waals surface area contributed by atoms with Crippen LogP contribution in [0.15, 0.2) is 29.2 Å². The zero-order chi connectivity index (χ0) is 13.4. The van der Waals surface area contributed by atoms with E-state index in [1.807, 2.05) is 13.0 Å². The first kappa shape index (κ1) is 14.6. The molecule has 0 aromatic heterocycles. The second-order valence-corrected chi connectivity index (χ2v) is 5.64. The van der Waals surface area contributed by atoms with E-state index in [4.69, 9.17) is 5.26 Å². The summed E-state index contributed by atoms with van der Waals surface area (Å²) >= 11 is 0. The molecule has 0 fully saturated rings. The van der Waals surface area contributed by atoms with Gasteiger partial charge in [-0.25, -0.2) is 13.1 Å². The van der Waals surface area contributed by atoms with Crippen molar-refractivity contribution in [1.82, 2.24) is 10.0 Å². The maximum absolute atomic E-state index is 11.8. The van der Waals surface area contributed by atoms with Gasteiger partial charge in [0.1, 0.15) is 0 Å². The molecule has 0 aliphatic carbocycles. The molecule has 0 spiro atoms. The third-order valence-electron chi connectivity index (χ3n) is 2.34. The molecule has 0 saturated heterocycles. The van der Waals surface area contributed by atoms with E-state index in [-0.39, 0.29) is 4.90 Å². The van der Waals surface area contributed by atoms with Crippen molar-refractivity contribution in [3.63, 3.8) is 0 Å². The molecule has 6 heteroatoms. The molecule has 1 aromatic rings. The van der Waals surface area contributed by atoms with Crippen molar-refractivity contribution in [2.75, 3.05) is 19.6 Å². The van der Waals surface area contributed by atoms with Gasteiger partial charge in [-0.15, -0.1) is 0 Å². The summed E-state index contributed by atoms with van der Waals surface area (Å²) in [5.74, 6) is 0. The Bertz CT molecular complexity index is 503. The lowest BCUT2D eigenvalue weighted by molar-refractivity contribution is 0.576. The Labute approximate surface area is 108 Å². The van der Waals surface area contributed by atoms with E-state index in [1.54, 1.807) is 24.3 Å². The van der Waals surface area contributed by atoms with E-state index in [0.717, 1.165) is 5.56 Å². The SMILES string of the molecule is Cc1ccc(S(=O)(=O)NCCNCCC#N)cc1. The molecular weight excluding hydrogens is 250 g/mol. The Morgan fingerprint density at radius 1 is 1.17 bits per heavy atom. The molecule has 0 bridgehead atoms. The molecule has 0 atom stereocenters. The molecule has 18 heavy (non-hydrogen) atoms. The van der Waals surface area contributed by atoms with E-state index in [2.05, 4.69) is 10.0 Å². The van der Waals surface area contributed by atoms with Gasteiger partial charge in [0.05, 0.1) is 11.0 Å². The van der Waals surface area contributed by atoms with Crippen molar-refractivity contribution in [3.05, 3.63) is 29.8 Å². The second kappa shape index (κ2) is 7.11. The van der Waals surface area contributed by atoms with Gasteiger partial charge in [-0.2, -0.15) is 5.26 Å². The molecule has 1 rings (SSSR count). The average Bonchev–Trinajstić information content (AvgIpc) is 2.34. The van der Waals surface area contributed by atoms with Crippen LogP contribution in [-0.2, 0) is 10.0 Å². The van der Waals surface area contributed by atoms with E-state index >= 15 is 0 Å². The van der Waals surface area contributed by atoms with Crippen molar-refractivity contribution < 1.29 is 8.42 Å². The Hall–Kier alpha value is -1.42. The highest BCUT2D eigenvalue weighted by Crippen LogP contribution is 2.09. The number of sulfonamides is 1. The van der Waals surface area contributed by atoms with E-state index in [0.29, 0.717) is 26.1 Å². The van der Waals surface area contributed by atoms with Crippen molar-refractivity contribution in [2.45, 2.75) is 18.2 Å². The molecule has 98 valence electrons. The van der Waals surface area contributed by atoms with Crippen LogP contribution in [0.3, 0.4) is 0 Å². The van der Waals surface area contributed by atoms with E-state index < -0.39 is 10.0 Å². The predicted octanol–water partition coefficient (Wildman–Crippen LogP) is 0.777. The van der Waals surface area contributed by atoms with Crippen LogP contribution in [0.1, 0.15) is 12.0 Å². The number of rotatable bonds is 7. The quantitative estimate of drug-likeness (QED) is 0.715. The van der Waals surface area contributed by atoms with Crippen LogP contribution in [-0.4, -0.2) is 28.1 Å². The van der Waals surface area contributed by atoms with E-state index in [1.165, 1.54) is 0 Å². The largest absolute Gasteiger partial charge is 0.314 e. The van der Waals surface area contributed by atoms with Crippen molar-refractivity contribution in [2.24, 2.45) is 0 Å². The van der Waals surface area contributed by atoms with Crippen LogP contribution in [0.5, 0.6) is 0 Å². The van der Waals surface area contributed by atoms with Gasteiger partial charge in [-0.05, 0) is 19.1 Å². The Kier molecular flexibility index (Phi) is 5.78. The fourth-order valence-corrected chi connectivity index (χ4v) is 2.38. The summed E-state index contributed by atoms with van der Waals surface area (Å²) in [7, 11) is -3.42. The lowest BCUT2D eigenvalue weighted by Gasteiger charge is -2.07. The van der Waals surface area contributed by atoms with Gasteiger partial charge in [0, 0.05) is 26.1 Å². The molecule has 0 radical (unpaired) electrons. The highest BCUT2D eigenvalue weighted by Gasteiger charge is 2.12. The number of nitriles is 1. The molecule has 0 aliphatic rings. The molecule has 5 nitrogen and oxygen atoms in total. The monoisotopic (exact) mass is 267 g/mol. The summed E-state index contributed by atoms with van der Waals surface area (Å²) in [5, 5.41) is 11.3. The second-order valence-electron chi connectivity index (χ2n) is 3.87. The van der Waals surface area contributed by atoms with Crippen molar-refractivity contribution in [1.29, 1.82) is 5.26 Å². The maximum Gasteiger partial charge on any atom is 0.240 e. The van der Waals surface area contributed by atoms with Gasteiger partial charge < -0.3 is 5.32 Å². The Morgan fingerprint density at radius 2 is 1.83 bits per heavy atom. The van der Waals surface area contributed by atoms with Crippen LogP contribution >= 0.6 is 0 Å². The molecule has 0 saturated carbocycles. The number of benzene rings is 1. The summed E-state index contributed by atoms with van der Waals surface area (Å²) < 4.78 is 26.2. The molecule has 0 unspecified atom stereocenters. The Balaban J connectivity index is 2.41. The lowest BCUT2D eigenvalue weighted by atomic mass is 10.2. The predicted molar refractivity (Wildman–Crippen MR) is 69.5 cm³/mol. The number of aryl methyl sites for hydroxylation is 1. The zero-order valence-electron chi connectivity index (χ0n) is 10.3. The number of nitrogens with zero attached hydrogens (tertiary/aromatic N) is 1. The smallest absolute Gasteiger partial charge is 0.240 e. The summed E-state index contributed by atoms with van der Waals surface area (Å²) in [6.45, 7) is 3.29. The third-order valence-corrected chi connectivity index (χ3v) is 3.82. The minimum absolute atomic E-state index is 0.269. The highest BCUT2D eigenvalue weighted by molar-refractivity contribution is 7.89. The summed E-state index contributed by atoms with van der Waals surface area (Å²) in [6.07, 6.45) is 0.421. The molecule has 0 heterocycles. The summed E-state index contributed by atoms with van der Waals surface area (Å²) in [4.78, 5) is 0.269. The van der Waals surface area contributed by atoms with Crippen LogP contribution < -0.4 is 10.0 Å². The Morgan fingerprint density at radius 3 is 2.44 bits per heavy atom. The van der Waals surface area contributed by atoms with E-state index in [9.17, 15) is 8.42 Å². The molecule has 2 N–H and O–H groups in total. The summed E-state index contributed by atoms with van der Waals surface area (Å²) in [6, 6.07) is 8.70. The number of hydrogen-bond donors (Lipinski definition) is 2. The van der Waals surface area contributed by atoms with Gasteiger partial charge in [0.2, 0.25) is 10.0 Å². The minimum Gasteiger partial charge on any atom is -0.314 e.